The number of amidine groups is 1. The Kier molecular flexibility index (Phi) is 11.8. The Morgan fingerprint density at radius 1 is 1.15 bits per heavy atom. The fourth-order valence-corrected chi connectivity index (χ4v) is 5.12. The number of rotatable bonds is 11. The van der Waals surface area contributed by atoms with Crippen LogP contribution in [0, 0.1) is 11.3 Å². The van der Waals surface area contributed by atoms with Crippen LogP contribution in [0.25, 0.3) is 0 Å². The maximum absolute atomic E-state index is 12.5. The van der Waals surface area contributed by atoms with Gasteiger partial charge in [-0.05, 0) is 26.2 Å². The number of aliphatic hydroxyl groups excluding tert-OH is 4. The highest BCUT2D eigenvalue weighted by Gasteiger charge is 2.51. The molecule has 0 bridgehead atoms. The van der Waals surface area contributed by atoms with Gasteiger partial charge in [0.15, 0.2) is 12.6 Å². The van der Waals surface area contributed by atoms with Crippen molar-refractivity contribution in [2.24, 2.45) is 17.4 Å². The average Bonchev–Trinajstić information content (AvgIpc) is 2.89. The summed E-state index contributed by atoms with van der Waals surface area (Å²) in [6.45, 7) is 2.45. The zero-order valence-electron chi connectivity index (χ0n) is 22.5. The van der Waals surface area contributed by atoms with Gasteiger partial charge in [-0.1, -0.05) is 6.92 Å². The quantitative estimate of drug-likeness (QED) is 0.0667. The van der Waals surface area contributed by atoms with E-state index in [0.717, 1.165) is 0 Å². The van der Waals surface area contributed by atoms with Crippen LogP contribution in [0.2, 0.25) is 0 Å². The lowest BCUT2D eigenvalue weighted by molar-refractivity contribution is -0.313. The van der Waals surface area contributed by atoms with Gasteiger partial charge in [0.05, 0.1) is 37.0 Å². The molecule has 3 rings (SSSR count). The molecule has 0 amide bonds. The molecule has 0 aromatic heterocycles. The molecule has 0 aromatic rings. The van der Waals surface area contributed by atoms with Crippen molar-refractivity contribution in [2.75, 3.05) is 33.0 Å². The molecule has 2 heterocycles. The van der Waals surface area contributed by atoms with Gasteiger partial charge in [0, 0.05) is 25.0 Å². The molecule has 39 heavy (non-hydrogen) atoms. The minimum Gasteiger partial charge on any atom is -0.393 e. The zero-order chi connectivity index (χ0) is 28.9. The molecule has 7 unspecified atom stereocenters. The molecule has 3 aliphatic rings. The van der Waals surface area contributed by atoms with E-state index in [4.69, 9.17) is 35.8 Å². The van der Waals surface area contributed by atoms with Crippen LogP contribution >= 0.6 is 0 Å². The van der Waals surface area contributed by atoms with Crippen molar-refractivity contribution in [2.45, 2.75) is 106 Å². The fourth-order valence-electron chi connectivity index (χ4n) is 5.12. The molecule has 0 spiro atoms. The summed E-state index contributed by atoms with van der Waals surface area (Å²) in [7, 11) is 0. The highest BCUT2D eigenvalue weighted by Crippen LogP contribution is 2.34. The van der Waals surface area contributed by atoms with Gasteiger partial charge in [0.1, 0.15) is 43.0 Å². The molecular formula is C24H46FN5O9. The standard InChI is InChI=1S/C24H46FN5O9/c1-11-17(33)23(36-10-24(11,2)35)39-20-15(30-21(28)16(32)9-31)7-14(27)19(18(20)34)38-22-13(26)4-3-12(37-22)8-29-6-5-25/h11-20,22-23,29,31-35H,3-10,26-27H2,1-2H3,(H2,28,30)/t11-,12+,13?,14+,15-,16?,17?,18?,19?,20?,22-,23-,24?/m1/s1. The molecule has 12 N–H and O–H groups in total. The Morgan fingerprint density at radius 3 is 2.51 bits per heavy atom. The smallest absolute Gasteiger partial charge is 0.184 e. The highest BCUT2D eigenvalue weighted by molar-refractivity contribution is 5.83. The molecule has 2 aliphatic heterocycles. The molecule has 15 heteroatoms. The Labute approximate surface area is 227 Å². The molecule has 0 radical (unpaired) electrons. The third-order valence-electron chi connectivity index (χ3n) is 7.90. The molecule has 13 atom stereocenters. The number of hydrogen-bond acceptors (Lipinski definition) is 13. The SMILES string of the molecule is C[C@@H]1C(O)[C@@H](OC2C(O)C(O[C@H]3O[C@H](CNCCF)CCC3N)[C@@H](N)C[C@H]2NC(=N)C(O)CO)OCC1(C)O. The summed E-state index contributed by atoms with van der Waals surface area (Å²) in [6, 6.07) is -2.12. The number of halogens is 1. The predicted molar refractivity (Wildman–Crippen MR) is 136 cm³/mol. The van der Waals surface area contributed by atoms with Gasteiger partial charge in [-0.3, -0.25) is 5.41 Å². The first-order valence-corrected chi connectivity index (χ1v) is 13.5. The van der Waals surface area contributed by atoms with E-state index in [0.29, 0.717) is 19.4 Å². The van der Waals surface area contributed by atoms with Crippen LogP contribution in [0.4, 0.5) is 4.39 Å². The van der Waals surface area contributed by atoms with Crippen molar-refractivity contribution in [3.05, 3.63) is 0 Å². The Balaban J connectivity index is 1.76. The molecule has 14 nitrogen and oxygen atoms in total. The van der Waals surface area contributed by atoms with Crippen molar-refractivity contribution in [1.82, 2.24) is 10.6 Å². The number of ether oxygens (including phenoxy) is 4. The van der Waals surface area contributed by atoms with E-state index in [1.54, 1.807) is 6.92 Å². The van der Waals surface area contributed by atoms with E-state index in [2.05, 4.69) is 10.6 Å². The first-order chi connectivity index (χ1) is 18.4. The van der Waals surface area contributed by atoms with E-state index >= 15 is 0 Å². The van der Waals surface area contributed by atoms with Gasteiger partial charge < -0.3 is 66.6 Å². The topological polar surface area (TPSA) is 238 Å². The Bertz CT molecular complexity index is 786. The second-order valence-electron chi connectivity index (χ2n) is 11.0. The van der Waals surface area contributed by atoms with Crippen molar-refractivity contribution >= 4 is 5.84 Å². The van der Waals surface area contributed by atoms with E-state index in [9.17, 15) is 29.9 Å². The van der Waals surface area contributed by atoms with Gasteiger partial charge in [-0.15, -0.1) is 0 Å². The number of aliphatic hydroxyl groups is 5. The number of nitrogens with one attached hydrogen (secondary N) is 3. The number of hydrogen-bond donors (Lipinski definition) is 10. The summed E-state index contributed by atoms with van der Waals surface area (Å²) in [4.78, 5) is 0. The molecule has 228 valence electrons. The van der Waals surface area contributed by atoms with E-state index in [-0.39, 0.29) is 25.7 Å². The summed E-state index contributed by atoms with van der Waals surface area (Å²) in [5, 5.41) is 65.5. The maximum atomic E-state index is 12.5. The zero-order valence-corrected chi connectivity index (χ0v) is 22.5. The van der Waals surface area contributed by atoms with Gasteiger partial charge in [0.2, 0.25) is 0 Å². The van der Waals surface area contributed by atoms with Crippen LogP contribution in [-0.2, 0) is 18.9 Å². The van der Waals surface area contributed by atoms with Crippen molar-refractivity contribution in [1.29, 1.82) is 5.41 Å². The van der Waals surface area contributed by atoms with E-state index < -0.39 is 91.9 Å². The minimum atomic E-state index is -1.49. The molecule has 1 aliphatic carbocycles. The second kappa shape index (κ2) is 14.2. The van der Waals surface area contributed by atoms with Gasteiger partial charge in [0.25, 0.3) is 0 Å². The number of nitrogens with two attached hydrogens (primary N) is 2. The largest absolute Gasteiger partial charge is 0.393 e. The molecule has 3 fully saturated rings. The highest BCUT2D eigenvalue weighted by atomic mass is 19.1. The Hall–Kier alpha value is -1.08. The van der Waals surface area contributed by atoms with Crippen LogP contribution in [-0.4, -0.2) is 137 Å². The first-order valence-electron chi connectivity index (χ1n) is 13.5. The van der Waals surface area contributed by atoms with Crippen molar-refractivity contribution in [3.63, 3.8) is 0 Å². The molecule has 1 saturated carbocycles. The summed E-state index contributed by atoms with van der Waals surface area (Å²) < 4.78 is 36.2. The predicted octanol–water partition coefficient (Wildman–Crippen LogP) is -3.37. The van der Waals surface area contributed by atoms with Crippen LogP contribution < -0.4 is 22.1 Å². The van der Waals surface area contributed by atoms with Crippen LogP contribution in [0.15, 0.2) is 0 Å². The van der Waals surface area contributed by atoms with Crippen LogP contribution in [0.3, 0.4) is 0 Å². The molecule has 0 aromatic carbocycles. The van der Waals surface area contributed by atoms with Crippen molar-refractivity contribution < 1.29 is 48.9 Å². The average molecular weight is 568 g/mol. The van der Waals surface area contributed by atoms with Crippen molar-refractivity contribution in [3.8, 4) is 0 Å². The lowest BCUT2D eigenvalue weighted by Crippen LogP contribution is -2.68. The van der Waals surface area contributed by atoms with E-state index in [1.165, 1.54) is 6.92 Å². The summed E-state index contributed by atoms with van der Waals surface area (Å²) in [6.07, 6.45) is -7.42. The van der Waals surface area contributed by atoms with E-state index in [1.807, 2.05) is 0 Å². The number of alkyl halides is 1. The second-order valence-corrected chi connectivity index (χ2v) is 11.0. The summed E-state index contributed by atoms with van der Waals surface area (Å²) >= 11 is 0. The van der Waals surface area contributed by atoms with Crippen LogP contribution in [0.5, 0.6) is 0 Å². The van der Waals surface area contributed by atoms with Crippen LogP contribution in [0.1, 0.15) is 33.1 Å². The van der Waals surface area contributed by atoms with Gasteiger partial charge >= 0.3 is 0 Å². The third kappa shape index (κ3) is 8.02. The molecular weight excluding hydrogens is 521 g/mol. The Morgan fingerprint density at radius 2 is 1.85 bits per heavy atom. The minimum absolute atomic E-state index is 0.104. The normalized spacial score (nSPS) is 44.1. The lowest BCUT2D eigenvalue weighted by atomic mass is 9.82. The van der Waals surface area contributed by atoms with Gasteiger partial charge in [-0.25, -0.2) is 4.39 Å². The lowest BCUT2D eigenvalue weighted by Gasteiger charge is -2.49. The summed E-state index contributed by atoms with van der Waals surface area (Å²) in [5.74, 6) is -1.03. The monoisotopic (exact) mass is 567 g/mol. The molecule has 2 saturated heterocycles. The maximum Gasteiger partial charge on any atom is 0.184 e. The van der Waals surface area contributed by atoms with Gasteiger partial charge in [-0.2, -0.15) is 0 Å². The third-order valence-corrected chi connectivity index (χ3v) is 7.90. The first kappa shape index (κ1) is 32.4. The summed E-state index contributed by atoms with van der Waals surface area (Å²) in [5.41, 5.74) is 11.3. The fraction of sp³-hybridized carbons (Fsp3) is 0.958.